The van der Waals surface area contributed by atoms with Crippen LogP contribution in [0.2, 0.25) is 0 Å². The van der Waals surface area contributed by atoms with Crippen LogP contribution in [0.3, 0.4) is 0 Å². The Bertz CT molecular complexity index is 662. The average Bonchev–Trinajstić information content (AvgIpc) is 2.94. The molecule has 3 aromatic rings. The molecule has 0 amide bonds. The van der Waals surface area contributed by atoms with Gasteiger partial charge in [-0.1, -0.05) is 60.7 Å². The molecule has 0 spiro atoms. The first-order valence-electron chi connectivity index (χ1n) is 7.26. The first-order chi connectivity index (χ1) is 10.1. The van der Waals surface area contributed by atoms with Crippen molar-refractivity contribution in [3.05, 3.63) is 66.9 Å². The summed E-state index contributed by atoms with van der Waals surface area (Å²) in [4.78, 5) is 4.69. The summed E-state index contributed by atoms with van der Waals surface area (Å²) < 4.78 is 2.32. The van der Waals surface area contributed by atoms with Gasteiger partial charge in [0.15, 0.2) is 0 Å². The fourth-order valence-corrected chi connectivity index (χ4v) is 2.63. The highest BCUT2D eigenvalue weighted by Crippen LogP contribution is 2.32. The van der Waals surface area contributed by atoms with Crippen LogP contribution in [0.1, 0.15) is 20.8 Å². The minimum absolute atomic E-state index is 0.0349. The van der Waals surface area contributed by atoms with Crippen molar-refractivity contribution in [3.8, 4) is 22.6 Å². The molecule has 0 atom stereocenters. The fourth-order valence-electron chi connectivity index (χ4n) is 2.63. The van der Waals surface area contributed by atoms with Crippen LogP contribution in [0.4, 0.5) is 0 Å². The van der Waals surface area contributed by atoms with Crippen LogP contribution in [0.5, 0.6) is 0 Å². The van der Waals surface area contributed by atoms with E-state index in [2.05, 4.69) is 73.9 Å². The molecule has 0 fully saturated rings. The smallest absolute Gasteiger partial charge is 0.140 e. The quantitative estimate of drug-likeness (QED) is 0.646. The predicted molar refractivity (Wildman–Crippen MR) is 88.1 cm³/mol. The first kappa shape index (κ1) is 13.6. The Morgan fingerprint density at radius 1 is 0.762 bits per heavy atom. The number of rotatable bonds is 2. The van der Waals surface area contributed by atoms with Gasteiger partial charge in [-0.05, 0) is 26.3 Å². The maximum Gasteiger partial charge on any atom is 0.140 e. The molecule has 2 aromatic carbocycles. The second kappa shape index (κ2) is 5.21. The molecule has 1 aromatic heterocycles. The summed E-state index contributed by atoms with van der Waals surface area (Å²) in [6, 6.07) is 20.8. The van der Waals surface area contributed by atoms with Crippen molar-refractivity contribution in [1.82, 2.24) is 9.55 Å². The third-order valence-corrected chi connectivity index (χ3v) is 3.53. The van der Waals surface area contributed by atoms with Crippen molar-refractivity contribution in [2.75, 3.05) is 0 Å². The molecule has 1 heterocycles. The maximum absolute atomic E-state index is 4.69. The van der Waals surface area contributed by atoms with Gasteiger partial charge in [-0.2, -0.15) is 0 Å². The largest absolute Gasteiger partial charge is 0.319 e. The SMILES string of the molecule is CC(C)(C)n1c(-c2ccccc2)cnc1-c1ccccc1. The summed E-state index contributed by atoms with van der Waals surface area (Å²) in [5.41, 5.74) is 3.46. The van der Waals surface area contributed by atoms with Crippen molar-refractivity contribution in [3.63, 3.8) is 0 Å². The Hall–Kier alpha value is -2.35. The van der Waals surface area contributed by atoms with Crippen LogP contribution in [0.15, 0.2) is 66.9 Å². The van der Waals surface area contributed by atoms with Gasteiger partial charge in [-0.25, -0.2) is 4.98 Å². The van der Waals surface area contributed by atoms with Gasteiger partial charge in [0.25, 0.3) is 0 Å². The topological polar surface area (TPSA) is 17.8 Å². The van der Waals surface area contributed by atoms with Crippen molar-refractivity contribution in [1.29, 1.82) is 0 Å². The lowest BCUT2D eigenvalue weighted by Gasteiger charge is -2.26. The van der Waals surface area contributed by atoms with Gasteiger partial charge in [0, 0.05) is 11.1 Å². The van der Waals surface area contributed by atoms with E-state index in [9.17, 15) is 0 Å². The summed E-state index contributed by atoms with van der Waals surface area (Å²) in [6.45, 7) is 6.65. The molecule has 106 valence electrons. The van der Waals surface area contributed by atoms with Crippen molar-refractivity contribution >= 4 is 0 Å². The van der Waals surface area contributed by atoms with Gasteiger partial charge in [-0.3, -0.25) is 0 Å². The second-order valence-electron chi connectivity index (χ2n) is 6.21. The Morgan fingerprint density at radius 2 is 1.29 bits per heavy atom. The van der Waals surface area contributed by atoms with E-state index >= 15 is 0 Å². The third-order valence-electron chi connectivity index (χ3n) is 3.53. The predicted octanol–water partition coefficient (Wildman–Crippen LogP) is 4.97. The number of benzene rings is 2. The molecule has 0 saturated heterocycles. The zero-order valence-electron chi connectivity index (χ0n) is 12.7. The first-order valence-corrected chi connectivity index (χ1v) is 7.26. The normalized spacial score (nSPS) is 11.6. The summed E-state index contributed by atoms with van der Waals surface area (Å²) in [5, 5.41) is 0. The van der Waals surface area contributed by atoms with E-state index in [4.69, 9.17) is 4.98 Å². The molecule has 0 aliphatic carbocycles. The monoisotopic (exact) mass is 276 g/mol. The molecule has 21 heavy (non-hydrogen) atoms. The molecule has 0 radical (unpaired) electrons. The number of hydrogen-bond acceptors (Lipinski definition) is 1. The third kappa shape index (κ3) is 2.62. The molecule has 0 N–H and O–H groups in total. The van der Waals surface area contributed by atoms with Crippen molar-refractivity contribution < 1.29 is 0 Å². The molecular formula is C19H20N2. The van der Waals surface area contributed by atoms with Crippen LogP contribution < -0.4 is 0 Å². The number of aromatic nitrogens is 2. The van der Waals surface area contributed by atoms with Gasteiger partial charge in [0.2, 0.25) is 0 Å². The Labute approximate surface area is 126 Å². The van der Waals surface area contributed by atoms with Crippen LogP contribution in [-0.4, -0.2) is 9.55 Å². The van der Waals surface area contributed by atoms with Crippen LogP contribution in [0.25, 0.3) is 22.6 Å². The summed E-state index contributed by atoms with van der Waals surface area (Å²) in [6.07, 6.45) is 1.98. The minimum atomic E-state index is -0.0349. The average molecular weight is 276 g/mol. The Kier molecular flexibility index (Phi) is 3.38. The molecule has 2 heteroatoms. The maximum atomic E-state index is 4.69. The van der Waals surface area contributed by atoms with Crippen LogP contribution >= 0.6 is 0 Å². The molecule has 0 aliphatic rings. The van der Waals surface area contributed by atoms with Crippen molar-refractivity contribution in [2.45, 2.75) is 26.3 Å². The lowest BCUT2D eigenvalue weighted by Crippen LogP contribution is -2.23. The van der Waals surface area contributed by atoms with E-state index in [0.717, 1.165) is 17.1 Å². The zero-order valence-corrected chi connectivity index (χ0v) is 12.7. The minimum Gasteiger partial charge on any atom is -0.319 e. The molecular weight excluding hydrogens is 256 g/mol. The van der Waals surface area contributed by atoms with Gasteiger partial charge >= 0.3 is 0 Å². The molecule has 0 aliphatic heterocycles. The zero-order chi connectivity index (χ0) is 14.9. The van der Waals surface area contributed by atoms with E-state index in [1.807, 2.05) is 18.3 Å². The Balaban J connectivity index is 2.23. The molecule has 2 nitrogen and oxygen atoms in total. The molecule has 3 rings (SSSR count). The highest BCUT2D eigenvalue weighted by atomic mass is 15.1. The van der Waals surface area contributed by atoms with Gasteiger partial charge < -0.3 is 4.57 Å². The van der Waals surface area contributed by atoms with E-state index in [1.165, 1.54) is 5.56 Å². The van der Waals surface area contributed by atoms with E-state index in [1.54, 1.807) is 0 Å². The van der Waals surface area contributed by atoms with Crippen LogP contribution in [0, 0.1) is 0 Å². The molecule has 0 unspecified atom stereocenters. The summed E-state index contributed by atoms with van der Waals surface area (Å²) in [7, 11) is 0. The number of imidazole rings is 1. The molecule has 0 saturated carbocycles. The van der Waals surface area contributed by atoms with Crippen LogP contribution in [-0.2, 0) is 5.54 Å². The number of nitrogens with zero attached hydrogens (tertiary/aromatic N) is 2. The highest BCUT2D eigenvalue weighted by Gasteiger charge is 2.22. The standard InChI is InChI=1S/C19H20N2/c1-19(2,3)21-17(15-10-6-4-7-11-15)14-20-18(21)16-12-8-5-9-13-16/h4-14H,1-3H3. The van der Waals surface area contributed by atoms with Crippen molar-refractivity contribution in [2.24, 2.45) is 0 Å². The van der Waals surface area contributed by atoms with Gasteiger partial charge in [-0.15, -0.1) is 0 Å². The molecule has 0 bridgehead atoms. The lowest BCUT2D eigenvalue weighted by atomic mass is 10.0. The fraction of sp³-hybridized carbons (Fsp3) is 0.211. The highest BCUT2D eigenvalue weighted by molar-refractivity contribution is 5.66. The second-order valence-corrected chi connectivity index (χ2v) is 6.21. The lowest BCUT2D eigenvalue weighted by molar-refractivity contribution is 0.405. The van der Waals surface area contributed by atoms with Gasteiger partial charge in [0.05, 0.1) is 11.9 Å². The van der Waals surface area contributed by atoms with Gasteiger partial charge in [0.1, 0.15) is 5.82 Å². The van der Waals surface area contributed by atoms with E-state index in [0.29, 0.717) is 0 Å². The number of hydrogen-bond donors (Lipinski definition) is 0. The Morgan fingerprint density at radius 3 is 1.81 bits per heavy atom. The van der Waals surface area contributed by atoms with E-state index in [-0.39, 0.29) is 5.54 Å². The summed E-state index contributed by atoms with van der Waals surface area (Å²) >= 11 is 0. The summed E-state index contributed by atoms with van der Waals surface area (Å²) in [5.74, 6) is 1.02. The van der Waals surface area contributed by atoms with E-state index < -0.39 is 0 Å².